The molecule has 1 fully saturated rings. The van der Waals surface area contributed by atoms with Gasteiger partial charge in [-0.05, 0) is 24.6 Å². The fourth-order valence-corrected chi connectivity index (χ4v) is 1.86. The molecular formula is C13H18N2O2. The van der Waals surface area contributed by atoms with Gasteiger partial charge in [0.1, 0.15) is 12.4 Å². The Balaban J connectivity index is 1.77. The third kappa shape index (κ3) is 3.46. The second-order valence-electron chi connectivity index (χ2n) is 4.22. The molecule has 1 amide bonds. The molecule has 1 aromatic carbocycles. The molecule has 0 aliphatic carbocycles. The number of hydrogen-bond acceptors (Lipinski definition) is 3. The van der Waals surface area contributed by atoms with E-state index in [4.69, 9.17) is 4.74 Å². The van der Waals surface area contributed by atoms with Crippen molar-refractivity contribution in [3.05, 3.63) is 29.8 Å². The molecule has 17 heavy (non-hydrogen) atoms. The van der Waals surface area contributed by atoms with Crippen molar-refractivity contribution in [2.45, 2.75) is 6.92 Å². The van der Waals surface area contributed by atoms with Crippen LogP contribution in [-0.4, -0.2) is 43.6 Å². The first-order chi connectivity index (χ1) is 8.25. The fourth-order valence-electron chi connectivity index (χ4n) is 1.86. The van der Waals surface area contributed by atoms with Crippen LogP contribution in [0.1, 0.15) is 5.56 Å². The van der Waals surface area contributed by atoms with Crippen LogP contribution in [0.5, 0.6) is 5.75 Å². The van der Waals surface area contributed by atoms with Gasteiger partial charge in [0.15, 0.2) is 0 Å². The zero-order valence-corrected chi connectivity index (χ0v) is 10.1. The number of rotatable bonds is 4. The molecular weight excluding hydrogens is 216 g/mol. The number of carbonyl (C=O) groups excluding carboxylic acids is 1. The Kier molecular flexibility index (Phi) is 3.98. The molecule has 0 radical (unpaired) electrons. The lowest BCUT2D eigenvalue weighted by Gasteiger charge is -2.27. The average molecular weight is 234 g/mol. The Hall–Kier alpha value is -1.55. The van der Waals surface area contributed by atoms with Gasteiger partial charge in [0.05, 0.1) is 13.1 Å². The van der Waals surface area contributed by atoms with Gasteiger partial charge in [0, 0.05) is 13.1 Å². The Morgan fingerprint density at radius 1 is 1.47 bits per heavy atom. The van der Waals surface area contributed by atoms with Crippen LogP contribution in [0.2, 0.25) is 0 Å². The molecule has 0 saturated carbocycles. The van der Waals surface area contributed by atoms with Gasteiger partial charge in [0.2, 0.25) is 5.91 Å². The highest BCUT2D eigenvalue weighted by Crippen LogP contribution is 2.12. The second-order valence-corrected chi connectivity index (χ2v) is 4.22. The maximum absolute atomic E-state index is 11.5. The van der Waals surface area contributed by atoms with Gasteiger partial charge in [-0.1, -0.05) is 12.1 Å². The van der Waals surface area contributed by atoms with Crippen molar-refractivity contribution in [1.82, 2.24) is 10.2 Å². The summed E-state index contributed by atoms with van der Waals surface area (Å²) in [5, 5.41) is 3.05. The normalized spacial score (nSPS) is 16.1. The fraction of sp³-hybridized carbons (Fsp3) is 0.462. The summed E-state index contributed by atoms with van der Waals surface area (Å²) in [5.74, 6) is 1.02. The molecule has 4 heteroatoms. The number of amides is 1. The van der Waals surface area contributed by atoms with Gasteiger partial charge >= 0.3 is 0 Å². The van der Waals surface area contributed by atoms with Crippen molar-refractivity contribution in [3.63, 3.8) is 0 Å². The Morgan fingerprint density at radius 3 is 3.12 bits per heavy atom. The third-order valence-electron chi connectivity index (χ3n) is 2.81. The Morgan fingerprint density at radius 2 is 2.35 bits per heavy atom. The van der Waals surface area contributed by atoms with E-state index in [9.17, 15) is 4.79 Å². The van der Waals surface area contributed by atoms with Crippen molar-refractivity contribution in [1.29, 1.82) is 0 Å². The zero-order chi connectivity index (χ0) is 12.1. The van der Waals surface area contributed by atoms with E-state index in [1.165, 1.54) is 5.56 Å². The van der Waals surface area contributed by atoms with Crippen LogP contribution < -0.4 is 10.1 Å². The summed E-state index contributed by atoms with van der Waals surface area (Å²) in [5.41, 5.74) is 1.18. The van der Waals surface area contributed by atoms with Gasteiger partial charge in [-0.25, -0.2) is 0 Å². The number of nitrogens with one attached hydrogen (secondary N) is 1. The lowest BCUT2D eigenvalue weighted by atomic mass is 10.2. The number of ether oxygens (including phenoxy) is 1. The van der Waals surface area contributed by atoms with Crippen molar-refractivity contribution in [2.75, 3.05) is 32.8 Å². The molecule has 0 bridgehead atoms. The number of aryl methyl sites for hydroxylation is 1. The standard InChI is InChI=1S/C13H18N2O2/c1-11-3-2-4-12(9-11)17-8-7-15-6-5-14-10-13(15)16/h2-4,9,14H,5-8,10H2,1H3. The summed E-state index contributed by atoms with van der Waals surface area (Å²) >= 11 is 0. The van der Waals surface area contributed by atoms with E-state index < -0.39 is 0 Å². The van der Waals surface area contributed by atoms with Crippen molar-refractivity contribution in [3.8, 4) is 5.75 Å². The average Bonchev–Trinajstić information content (AvgIpc) is 2.32. The molecule has 4 nitrogen and oxygen atoms in total. The topological polar surface area (TPSA) is 41.6 Å². The zero-order valence-electron chi connectivity index (χ0n) is 10.1. The van der Waals surface area contributed by atoms with E-state index in [2.05, 4.69) is 5.32 Å². The highest BCUT2D eigenvalue weighted by molar-refractivity contribution is 5.78. The van der Waals surface area contributed by atoms with Gasteiger partial charge in [-0.3, -0.25) is 4.79 Å². The highest BCUT2D eigenvalue weighted by atomic mass is 16.5. The number of hydrogen-bond donors (Lipinski definition) is 1. The summed E-state index contributed by atoms with van der Waals surface area (Å²) in [4.78, 5) is 13.3. The molecule has 92 valence electrons. The molecule has 1 heterocycles. The Labute approximate surface area is 102 Å². The van der Waals surface area contributed by atoms with Crippen LogP contribution in [0.15, 0.2) is 24.3 Å². The summed E-state index contributed by atoms with van der Waals surface area (Å²) in [6, 6.07) is 7.94. The molecule has 0 spiro atoms. The maximum Gasteiger partial charge on any atom is 0.236 e. The lowest BCUT2D eigenvalue weighted by molar-refractivity contribution is -0.132. The van der Waals surface area contributed by atoms with Gasteiger partial charge in [0.25, 0.3) is 0 Å². The van der Waals surface area contributed by atoms with Crippen LogP contribution in [0.3, 0.4) is 0 Å². The quantitative estimate of drug-likeness (QED) is 0.838. The van der Waals surface area contributed by atoms with Crippen LogP contribution in [0.4, 0.5) is 0 Å². The molecule has 0 atom stereocenters. The summed E-state index contributed by atoms with van der Waals surface area (Å²) in [6.45, 7) is 5.34. The number of benzene rings is 1. The summed E-state index contributed by atoms with van der Waals surface area (Å²) in [6.07, 6.45) is 0. The van der Waals surface area contributed by atoms with Crippen LogP contribution in [0.25, 0.3) is 0 Å². The van der Waals surface area contributed by atoms with Gasteiger partial charge < -0.3 is 15.0 Å². The molecule has 1 N–H and O–H groups in total. The van der Waals surface area contributed by atoms with Crippen LogP contribution in [-0.2, 0) is 4.79 Å². The first-order valence-electron chi connectivity index (χ1n) is 5.94. The van der Waals surface area contributed by atoms with Crippen LogP contribution in [0, 0.1) is 6.92 Å². The van der Waals surface area contributed by atoms with E-state index in [-0.39, 0.29) is 5.91 Å². The smallest absolute Gasteiger partial charge is 0.236 e. The molecule has 1 saturated heterocycles. The van der Waals surface area contributed by atoms with Crippen LogP contribution >= 0.6 is 0 Å². The van der Waals surface area contributed by atoms with Crippen molar-refractivity contribution in [2.24, 2.45) is 0 Å². The first-order valence-corrected chi connectivity index (χ1v) is 5.94. The summed E-state index contributed by atoms with van der Waals surface area (Å²) in [7, 11) is 0. The van der Waals surface area contributed by atoms with Crippen molar-refractivity contribution < 1.29 is 9.53 Å². The minimum Gasteiger partial charge on any atom is -0.492 e. The third-order valence-corrected chi connectivity index (χ3v) is 2.81. The molecule has 1 aliphatic rings. The van der Waals surface area contributed by atoms with Crippen molar-refractivity contribution >= 4 is 5.91 Å². The SMILES string of the molecule is Cc1cccc(OCCN2CCNCC2=O)c1. The largest absolute Gasteiger partial charge is 0.492 e. The highest BCUT2D eigenvalue weighted by Gasteiger charge is 2.16. The lowest BCUT2D eigenvalue weighted by Crippen LogP contribution is -2.49. The van der Waals surface area contributed by atoms with Gasteiger partial charge in [-0.2, -0.15) is 0 Å². The van der Waals surface area contributed by atoms with E-state index in [1.54, 1.807) is 0 Å². The Bertz CT molecular complexity index is 393. The summed E-state index contributed by atoms with van der Waals surface area (Å²) < 4.78 is 5.62. The predicted octanol–water partition coefficient (Wildman–Crippen LogP) is 0.806. The van der Waals surface area contributed by atoms with E-state index in [0.717, 1.165) is 18.8 Å². The van der Waals surface area contributed by atoms with E-state index in [1.807, 2.05) is 36.1 Å². The minimum atomic E-state index is 0.157. The molecule has 2 rings (SSSR count). The first kappa shape index (κ1) is 11.9. The molecule has 0 unspecified atom stereocenters. The number of nitrogens with zero attached hydrogens (tertiary/aromatic N) is 1. The molecule has 1 aromatic rings. The monoisotopic (exact) mass is 234 g/mol. The number of piperazine rings is 1. The number of carbonyl (C=O) groups is 1. The van der Waals surface area contributed by atoms with E-state index >= 15 is 0 Å². The second kappa shape index (κ2) is 5.68. The maximum atomic E-state index is 11.5. The molecule has 0 aromatic heterocycles. The van der Waals surface area contributed by atoms with E-state index in [0.29, 0.717) is 19.7 Å². The molecule has 1 aliphatic heterocycles. The minimum absolute atomic E-state index is 0.157. The predicted molar refractivity (Wildman–Crippen MR) is 66.1 cm³/mol. The van der Waals surface area contributed by atoms with Gasteiger partial charge in [-0.15, -0.1) is 0 Å².